The van der Waals surface area contributed by atoms with Crippen molar-refractivity contribution in [2.75, 3.05) is 5.32 Å². The SMILES string of the molecule is Cc1ccc(NC(=O)C2[C@@H]3CC/C=C\CC/C=C\CC[C@@H]23)cc1. The van der Waals surface area contributed by atoms with Gasteiger partial charge in [-0.15, -0.1) is 0 Å². The van der Waals surface area contributed by atoms with E-state index in [-0.39, 0.29) is 11.8 Å². The van der Waals surface area contributed by atoms with Crippen LogP contribution in [0, 0.1) is 24.7 Å². The minimum atomic E-state index is 0.207. The predicted molar refractivity (Wildman–Crippen MR) is 96.3 cm³/mol. The highest BCUT2D eigenvalue weighted by atomic mass is 16.2. The summed E-state index contributed by atoms with van der Waals surface area (Å²) in [5.41, 5.74) is 2.14. The summed E-state index contributed by atoms with van der Waals surface area (Å²) in [6.45, 7) is 2.06. The third-order valence-corrected chi connectivity index (χ3v) is 5.12. The van der Waals surface area contributed by atoms with Gasteiger partial charge in [-0.25, -0.2) is 0 Å². The van der Waals surface area contributed by atoms with Crippen molar-refractivity contribution in [2.24, 2.45) is 17.8 Å². The van der Waals surface area contributed by atoms with Crippen molar-refractivity contribution in [1.82, 2.24) is 0 Å². The van der Waals surface area contributed by atoms with Crippen molar-refractivity contribution in [2.45, 2.75) is 45.4 Å². The topological polar surface area (TPSA) is 29.1 Å². The lowest BCUT2D eigenvalue weighted by Crippen LogP contribution is -2.15. The maximum Gasteiger partial charge on any atom is 0.228 e. The highest BCUT2D eigenvalue weighted by Gasteiger charge is 2.52. The fourth-order valence-electron chi connectivity index (χ4n) is 3.72. The molecular weight excluding hydrogens is 282 g/mol. The molecule has 0 unspecified atom stereocenters. The Morgan fingerprint density at radius 1 is 0.870 bits per heavy atom. The standard InChI is InChI=1S/C21H27NO/c1-16-12-14-17(15-13-16)22-21(23)20-18-10-8-6-4-2-3-5-7-9-11-19(18)20/h4-7,12-15,18-20H,2-3,8-11H2,1H3,(H,22,23)/b6-4-,7-5-/t18-,19-/m1/s1. The van der Waals surface area contributed by atoms with Crippen LogP contribution in [0.25, 0.3) is 0 Å². The molecule has 1 aromatic rings. The Kier molecular flexibility index (Phi) is 5.32. The molecule has 0 aliphatic heterocycles. The van der Waals surface area contributed by atoms with Crippen LogP contribution in [0.15, 0.2) is 48.6 Å². The first-order valence-electron chi connectivity index (χ1n) is 8.93. The summed E-state index contributed by atoms with van der Waals surface area (Å²) in [6.07, 6.45) is 15.9. The van der Waals surface area contributed by atoms with E-state index in [2.05, 4.69) is 36.5 Å². The number of allylic oxidation sites excluding steroid dienone is 4. The lowest BCUT2D eigenvalue weighted by atomic mass is 10.1. The monoisotopic (exact) mass is 309 g/mol. The second-order valence-electron chi connectivity index (χ2n) is 6.88. The molecule has 23 heavy (non-hydrogen) atoms. The van der Waals surface area contributed by atoms with Gasteiger partial charge in [0.1, 0.15) is 0 Å². The number of hydrogen-bond donors (Lipinski definition) is 1. The zero-order valence-corrected chi connectivity index (χ0v) is 14.0. The first-order valence-corrected chi connectivity index (χ1v) is 8.93. The van der Waals surface area contributed by atoms with E-state index < -0.39 is 0 Å². The molecule has 0 saturated heterocycles. The molecule has 3 rings (SSSR count). The molecular formula is C21H27NO. The molecule has 1 fully saturated rings. The fraction of sp³-hybridized carbons (Fsp3) is 0.476. The van der Waals surface area contributed by atoms with Gasteiger partial charge in [-0.1, -0.05) is 42.0 Å². The summed E-state index contributed by atoms with van der Waals surface area (Å²) in [6, 6.07) is 8.08. The Bertz CT molecular complexity index is 560. The first kappa shape index (κ1) is 16.0. The summed E-state index contributed by atoms with van der Waals surface area (Å²) in [5, 5.41) is 3.11. The van der Waals surface area contributed by atoms with E-state index in [1.165, 1.54) is 5.56 Å². The predicted octanol–water partition coefficient (Wildman–Crippen LogP) is 5.26. The maximum atomic E-state index is 12.6. The number of anilines is 1. The first-order chi connectivity index (χ1) is 11.3. The van der Waals surface area contributed by atoms with Crippen molar-refractivity contribution < 1.29 is 4.79 Å². The molecule has 1 amide bonds. The van der Waals surface area contributed by atoms with E-state index in [0.29, 0.717) is 11.8 Å². The number of fused-ring (bicyclic) bond motifs is 1. The van der Waals surface area contributed by atoms with Crippen LogP contribution < -0.4 is 5.32 Å². The van der Waals surface area contributed by atoms with Gasteiger partial charge >= 0.3 is 0 Å². The Hall–Kier alpha value is -1.83. The van der Waals surface area contributed by atoms with Gasteiger partial charge in [-0.05, 0) is 69.4 Å². The molecule has 2 aliphatic carbocycles. The van der Waals surface area contributed by atoms with Crippen molar-refractivity contribution in [3.05, 3.63) is 54.1 Å². The fourth-order valence-corrected chi connectivity index (χ4v) is 3.72. The van der Waals surface area contributed by atoms with Gasteiger partial charge in [0.2, 0.25) is 5.91 Å². The van der Waals surface area contributed by atoms with Crippen LogP contribution >= 0.6 is 0 Å². The number of nitrogens with one attached hydrogen (secondary N) is 1. The van der Waals surface area contributed by atoms with E-state index >= 15 is 0 Å². The normalized spacial score (nSPS) is 30.2. The van der Waals surface area contributed by atoms with E-state index in [1.54, 1.807) is 0 Å². The maximum absolute atomic E-state index is 12.6. The third kappa shape index (κ3) is 4.34. The number of hydrogen-bond acceptors (Lipinski definition) is 1. The Balaban J connectivity index is 1.60. The molecule has 0 heterocycles. The van der Waals surface area contributed by atoms with Gasteiger partial charge < -0.3 is 5.32 Å². The van der Waals surface area contributed by atoms with Crippen molar-refractivity contribution in [3.63, 3.8) is 0 Å². The third-order valence-electron chi connectivity index (χ3n) is 5.12. The van der Waals surface area contributed by atoms with E-state index in [1.807, 2.05) is 24.3 Å². The molecule has 1 N–H and O–H groups in total. The van der Waals surface area contributed by atoms with Gasteiger partial charge in [0.05, 0.1) is 0 Å². The lowest BCUT2D eigenvalue weighted by Gasteiger charge is -2.05. The average molecular weight is 309 g/mol. The highest BCUT2D eigenvalue weighted by molar-refractivity contribution is 5.94. The van der Waals surface area contributed by atoms with Gasteiger partial charge in [0.15, 0.2) is 0 Å². The molecule has 0 bridgehead atoms. The number of aryl methyl sites for hydroxylation is 1. The number of carbonyl (C=O) groups excluding carboxylic acids is 1. The molecule has 1 saturated carbocycles. The smallest absolute Gasteiger partial charge is 0.228 e. The number of amides is 1. The van der Waals surface area contributed by atoms with Crippen molar-refractivity contribution in [3.8, 4) is 0 Å². The van der Waals surface area contributed by atoms with Crippen LogP contribution in [0.5, 0.6) is 0 Å². The van der Waals surface area contributed by atoms with Crippen molar-refractivity contribution >= 4 is 11.6 Å². The zero-order valence-electron chi connectivity index (χ0n) is 14.0. The molecule has 0 spiro atoms. The number of rotatable bonds is 2. The quantitative estimate of drug-likeness (QED) is 0.742. The Morgan fingerprint density at radius 2 is 1.39 bits per heavy atom. The van der Waals surface area contributed by atoms with Crippen LogP contribution in [0.1, 0.15) is 44.1 Å². The minimum Gasteiger partial charge on any atom is -0.326 e. The zero-order chi connectivity index (χ0) is 16.1. The molecule has 122 valence electrons. The molecule has 2 aliphatic rings. The van der Waals surface area contributed by atoms with E-state index in [9.17, 15) is 4.79 Å². The Morgan fingerprint density at radius 3 is 1.96 bits per heavy atom. The van der Waals surface area contributed by atoms with E-state index in [4.69, 9.17) is 0 Å². The largest absolute Gasteiger partial charge is 0.326 e. The Labute approximate surface area is 139 Å². The molecule has 2 heteroatoms. The average Bonchev–Trinajstić information content (AvgIpc) is 3.22. The van der Waals surface area contributed by atoms with Crippen LogP contribution in [-0.4, -0.2) is 5.91 Å². The van der Waals surface area contributed by atoms with E-state index in [0.717, 1.165) is 44.2 Å². The summed E-state index contributed by atoms with van der Waals surface area (Å²) in [7, 11) is 0. The number of benzene rings is 1. The van der Waals surface area contributed by atoms with Crippen LogP contribution in [0.4, 0.5) is 5.69 Å². The molecule has 0 aromatic heterocycles. The van der Waals surface area contributed by atoms with Crippen LogP contribution in [0.2, 0.25) is 0 Å². The van der Waals surface area contributed by atoms with Gasteiger partial charge in [-0.2, -0.15) is 0 Å². The molecule has 2 nitrogen and oxygen atoms in total. The minimum absolute atomic E-state index is 0.207. The van der Waals surface area contributed by atoms with Crippen LogP contribution in [0.3, 0.4) is 0 Å². The van der Waals surface area contributed by atoms with Gasteiger partial charge in [-0.3, -0.25) is 4.79 Å². The number of carbonyl (C=O) groups is 1. The summed E-state index contributed by atoms with van der Waals surface area (Å²) < 4.78 is 0. The second kappa shape index (κ2) is 7.63. The summed E-state index contributed by atoms with van der Waals surface area (Å²) in [5.74, 6) is 1.56. The van der Waals surface area contributed by atoms with Crippen molar-refractivity contribution in [1.29, 1.82) is 0 Å². The molecule has 2 atom stereocenters. The van der Waals surface area contributed by atoms with Gasteiger partial charge in [0, 0.05) is 11.6 Å². The van der Waals surface area contributed by atoms with Crippen LogP contribution in [-0.2, 0) is 4.79 Å². The lowest BCUT2D eigenvalue weighted by molar-refractivity contribution is -0.117. The second-order valence-corrected chi connectivity index (χ2v) is 6.88. The summed E-state index contributed by atoms with van der Waals surface area (Å²) in [4.78, 5) is 12.6. The molecule has 1 aromatic carbocycles. The van der Waals surface area contributed by atoms with Gasteiger partial charge in [0.25, 0.3) is 0 Å². The summed E-state index contributed by atoms with van der Waals surface area (Å²) >= 11 is 0. The highest BCUT2D eigenvalue weighted by Crippen LogP contribution is 2.52. The molecule has 0 radical (unpaired) electrons.